The fraction of sp³-hybridized carbons (Fsp3) is 0.474. The molecule has 1 unspecified atom stereocenters. The highest BCUT2D eigenvalue weighted by molar-refractivity contribution is 7.89. The molecule has 1 aromatic carbocycles. The van der Waals surface area contributed by atoms with Crippen LogP contribution >= 0.6 is 0 Å². The van der Waals surface area contributed by atoms with E-state index in [1.54, 1.807) is 42.4 Å². The monoisotopic (exact) mass is 386 g/mol. The average Bonchev–Trinajstić information content (AvgIpc) is 3.13. The van der Waals surface area contributed by atoms with Crippen molar-refractivity contribution in [3.8, 4) is 11.8 Å². The van der Waals surface area contributed by atoms with Gasteiger partial charge in [0.05, 0.1) is 23.0 Å². The number of aromatic amines is 1. The summed E-state index contributed by atoms with van der Waals surface area (Å²) in [6.07, 6.45) is 3.03. The van der Waals surface area contributed by atoms with E-state index in [0.29, 0.717) is 34.7 Å². The number of piperidine rings is 1. The van der Waals surface area contributed by atoms with Crippen LogP contribution in [0.15, 0.2) is 29.2 Å². The normalized spacial score (nSPS) is 25.3. The molecule has 3 atom stereocenters. The number of hydrogen-bond donors (Lipinski definition) is 1. The van der Waals surface area contributed by atoms with E-state index in [1.165, 1.54) is 0 Å². The molecule has 0 saturated carbocycles. The number of ether oxygens (including phenoxy) is 1. The van der Waals surface area contributed by atoms with E-state index < -0.39 is 10.0 Å². The van der Waals surface area contributed by atoms with Crippen LogP contribution in [-0.4, -0.2) is 41.1 Å². The minimum Gasteiger partial charge on any atom is -0.490 e. The maximum absolute atomic E-state index is 13.3. The zero-order valence-corrected chi connectivity index (χ0v) is 16.2. The van der Waals surface area contributed by atoms with Crippen LogP contribution in [-0.2, 0) is 10.0 Å². The fourth-order valence-corrected chi connectivity index (χ4v) is 6.63. The van der Waals surface area contributed by atoms with Crippen LogP contribution in [0.5, 0.6) is 5.75 Å². The summed E-state index contributed by atoms with van der Waals surface area (Å²) in [5, 5.41) is 15.7. The lowest BCUT2D eigenvalue weighted by Gasteiger charge is -2.37. The molecule has 7 nitrogen and oxygen atoms in total. The van der Waals surface area contributed by atoms with Crippen LogP contribution in [0.25, 0.3) is 0 Å². The van der Waals surface area contributed by atoms with Gasteiger partial charge in [-0.25, -0.2) is 8.42 Å². The van der Waals surface area contributed by atoms with Crippen molar-refractivity contribution in [2.45, 2.75) is 62.6 Å². The molecule has 1 aromatic heterocycles. The second-order valence-corrected chi connectivity index (χ2v) is 9.11. The Morgan fingerprint density at radius 1 is 1.19 bits per heavy atom. The summed E-state index contributed by atoms with van der Waals surface area (Å²) >= 11 is 0. The zero-order chi connectivity index (χ0) is 19.2. The lowest BCUT2D eigenvalue weighted by Crippen LogP contribution is -2.49. The quantitative estimate of drug-likeness (QED) is 0.871. The second-order valence-electron chi connectivity index (χ2n) is 7.33. The lowest BCUT2D eigenvalue weighted by molar-refractivity contribution is 0.0956. The number of nitriles is 1. The summed E-state index contributed by atoms with van der Waals surface area (Å²) in [6.45, 7) is 3.47. The van der Waals surface area contributed by atoms with Gasteiger partial charge in [0, 0.05) is 24.9 Å². The van der Waals surface area contributed by atoms with Gasteiger partial charge in [0.1, 0.15) is 16.7 Å². The van der Waals surface area contributed by atoms with Crippen molar-refractivity contribution < 1.29 is 13.2 Å². The molecule has 4 rings (SSSR count). The van der Waals surface area contributed by atoms with Gasteiger partial charge in [0.25, 0.3) is 0 Å². The predicted molar refractivity (Wildman–Crippen MR) is 98.7 cm³/mol. The van der Waals surface area contributed by atoms with E-state index in [0.717, 1.165) is 18.6 Å². The van der Waals surface area contributed by atoms with Crippen LogP contribution in [0.1, 0.15) is 42.6 Å². The van der Waals surface area contributed by atoms with E-state index in [2.05, 4.69) is 16.3 Å². The van der Waals surface area contributed by atoms with Gasteiger partial charge in [-0.1, -0.05) is 0 Å². The van der Waals surface area contributed by atoms with Crippen molar-refractivity contribution in [2.24, 2.45) is 0 Å². The molecule has 2 aliphatic rings. The van der Waals surface area contributed by atoms with Gasteiger partial charge < -0.3 is 4.74 Å². The van der Waals surface area contributed by atoms with Crippen LogP contribution < -0.4 is 4.74 Å². The second kappa shape index (κ2) is 6.66. The lowest BCUT2D eigenvalue weighted by atomic mass is 10.0. The highest BCUT2D eigenvalue weighted by Gasteiger charge is 2.48. The van der Waals surface area contributed by atoms with Gasteiger partial charge in [0.15, 0.2) is 0 Å². The van der Waals surface area contributed by atoms with Crippen LogP contribution in [0.3, 0.4) is 0 Å². The first kappa shape index (κ1) is 18.0. The number of benzene rings is 1. The van der Waals surface area contributed by atoms with E-state index in [4.69, 9.17) is 10.00 Å². The molecule has 142 valence electrons. The first-order valence-corrected chi connectivity index (χ1v) is 10.6. The highest BCUT2D eigenvalue weighted by Crippen LogP contribution is 2.41. The van der Waals surface area contributed by atoms with Crippen molar-refractivity contribution in [3.63, 3.8) is 0 Å². The molecular formula is C19H22N4O3S. The number of H-pyrrole nitrogens is 1. The molecule has 0 amide bonds. The summed E-state index contributed by atoms with van der Waals surface area (Å²) < 4.78 is 34.3. The molecule has 0 aliphatic carbocycles. The van der Waals surface area contributed by atoms with E-state index in [1.807, 2.05) is 0 Å². The minimum absolute atomic E-state index is 0.0200. The SMILES string of the molecule is Cc1n[nH]c(C)c1S(=O)(=O)N1[C@@H]2CC[C@H]1CC(Oc1ccc(C#N)cc1)C2. The summed E-state index contributed by atoms with van der Waals surface area (Å²) in [4.78, 5) is 0.311. The Kier molecular flexibility index (Phi) is 4.44. The molecule has 2 aliphatic heterocycles. The van der Waals surface area contributed by atoms with E-state index in [9.17, 15) is 8.42 Å². The van der Waals surface area contributed by atoms with Crippen LogP contribution in [0.2, 0.25) is 0 Å². The number of aromatic nitrogens is 2. The number of aryl methyl sites for hydroxylation is 2. The zero-order valence-electron chi connectivity index (χ0n) is 15.3. The minimum atomic E-state index is -3.57. The van der Waals surface area contributed by atoms with Crippen molar-refractivity contribution in [1.29, 1.82) is 5.26 Å². The fourth-order valence-electron chi connectivity index (χ4n) is 4.40. The molecule has 27 heavy (non-hydrogen) atoms. The topological polar surface area (TPSA) is 99.1 Å². The van der Waals surface area contributed by atoms with Crippen molar-refractivity contribution in [1.82, 2.24) is 14.5 Å². The number of nitrogens with one attached hydrogen (secondary N) is 1. The number of fused-ring (bicyclic) bond motifs is 2. The van der Waals surface area contributed by atoms with Gasteiger partial charge >= 0.3 is 0 Å². The van der Waals surface area contributed by atoms with E-state index >= 15 is 0 Å². The number of sulfonamides is 1. The average molecular weight is 386 g/mol. The first-order chi connectivity index (χ1) is 12.9. The molecule has 8 heteroatoms. The largest absolute Gasteiger partial charge is 0.490 e. The van der Waals surface area contributed by atoms with Crippen molar-refractivity contribution in [2.75, 3.05) is 0 Å². The molecule has 2 aromatic rings. The third kappa shape index (κ3) is 3.11. The van der Waals surface area contributed by atoms with Gasteiger partial charge in [-0.15, -0.1) is 0 Å². The van der Waals surface area contributed by atoms with Gasteiger partial charge in [-0.3, -0.25) is 5.10 Å². The third-order valence-electron chi connectivity index (χ3n) is 5.51. The standard InChI is InChI=1S/C19H22N4O3S/c1-12-19(13(2)22-21-12)27(24,25)23-15-5-6-16(23)10-18(9-15)26-17-7-3-14(11-20)4-8-17/h3-4,7-8,15-16,18H,5-6,9-10H2,1-2H3,(H,21,22)/t15-,16+,18?. The maximum Gasteiger partial charge on any atom is 0.247 e. The Hall–Kier alpha value is -2.37. The Morgan fingerprint density at radius 2 is 1.81 bits per heavy atom. The summed E-state index contributed by atoms with van der Waals surface area (Å²) in [5.41, 5.74) is 1.69. The third-order valence-corrected chi connectivity index (χ3v) is 7.77. The van der Waals surface area contributed by atoms with Gasteiger partial charge in [0.2, 0.25) is 10.0 Å². The van der Waals surface area contributed by atoms with Crippen LogP contribution in [0.4, 0.5) is 0 Å². The van der Waals surface area contributed by atoms with Crippen molar-refractivity contribution in [3.05, 3.63) is 41.2 Å². The number of hydrogen-bond acceptors (Lipinski definition) is 5. The van der Waals surface area contributed by atoms with Gasteiger partial charge in [-0.05, 0) is 51.0 Å². The maximum atomic E-state index is 13.3. The van der Waals surface area contributed by atoms with Crippen molar-refractivity contribution >= 4 is 10.0 Å². The predicted octanol–water partition coefficient (Wildman–Crippen LogP) is 2.66. The Morgan fingerprint density at radius 3 is 2.33 bits per heavy atom. The molecule has 3 heterocycles. The Bertz CT molecular complexity index is 957. The molecule has 1 N–H and O–H groups in total. The van der Waals surface area contributed by atoms with Gasteiger partial charge in [-0.2, -0.15) is 14.7 Å². The number of nitrogens with zero attached hydrogens (tertiary/aromatic N) is 3. The molecule has 2 bridgehead atoms. The molecule has 0 radical (unpaired) electrons. The summed E-state index contributed by atoms with van der Waals surface area (Å²) in [6, 6.07) is 9.04. The first-order valence-electron chi connectivity index (χ1n) is 9.12. The van der Waals surface area contributed by atoms with E-state index in [-0.39, 0.29) is 18.2 Å². The Balaban J connectivity index is 1.53. The molecular weight excluding hydrogens is 364 g/mol. The Labute approximate surface area is 159 Å². The molecule has 2 saturated heterocycles. The molecule has 0 spiro atoms. The summed E-state index contributed by atoms with van der Waals surface area (Å²) in [7, 11) is -3.57. The smallest absolute Gasteiger partial charge is 0.247 e. The molecule has 2 fully saturated rings. The summed E-state index contributed by atoms with van der Waals surface area (Å²) in [5.74, 6) is 0.719. The highest BCUT2D eigenvalue weighted by atomic mass is 32.2. The van der Waals surface area contributed by atoms with Crippen LogP contribution in [0, 0.1) is 25.2 Å². The number of rotatable bonds is 4.